The Balaban J connectivity index is 1.62. The van der Waals surface area contributed by atoms with E-state index in [1.54, 1.807) is 31.4 Å². The number of aromatic nitrogens is 3. The molecule has 0 spiro atoms. The van der Waals surface area contributed by atoms with Crippen molar-refractivity contribution in [2.75, 3.05) is 7.11 Å². The van der Waals surface area contributed by atoms with Crippen LogP contribution in [0.2, 0.25) is 0 Å². The van der Waals surface area contributed by atoms with E-state index in [9.17, 15) is 9.90 Å². The van der Waals surface area contributed by atoms with E-state index in [1.807, 2.05) is 12.1 Å². The molecule has 130 valence electrons. The van der Waals surface area contributed by atoms with Crippen molar-refractivity contribution in [1.29, 1.82) is 0 Å². The fourth-order valence-corrected chi connectivity index (χ4v) is 2.38. The molecule has 3 aromatic rings. The number of aliphatic hydroxyl groups is 1. The predicted octanol–water partition coefficient (Wildman–Crippen LogP) is 1.54. The summed E-state index contributed by atoms with van der Waals surface area (Å²) in [7, 11) is 1.54. The van der Waals surface area contributed by atoms with Crippen LogP contribution in [0, 0.1) is 0 Å². The van der Waals surface area contributed by atoms with E-state index in [0.717, 1.165) is 0 Å². The molecule has 0 aliphatic rings. The molecule has 25 heavy (non-hydrogen) atoms. The van der Waals surface area contributed by atoms with Gasteiger partial charge in [-0.25, -0.2) is 4.68 Å². The van der Waals surface area contributed by atoms with Crippen molar-refractivity contribution >= 4 is 5.91 Å². The Labute approximate surface area is 144 Å². The summed E-state index contributed by atoms with van der Waals surface area (Å²) in [5.41, 5.74) is 0.808. The third-order valence-electron chi connectivity index (χ3n) is 3.63. The number of hydrogen-bond acceptors (Lipinski definition) is 6. The number of nitrogens with zero attached hydrogens (tertiary/aromatic N) is 3. The van der Waals surface area contributed by atoms with Gasteiger partial charge in [0, 0.05) is 5.56 Å². The highest BCUT2D eigenvalue weighted by Crippen LogP contribution is 2.25. The van der Waals surface area contributed by atoms with Crippen LogP contribution in [0.4, 0.5) is 0 Å². The van der Waals surface area contributed by atoms with Gasteiger partial charge < -0.3 is 19.6 Å². The molecule has 2 aromatic heterocycles. The van der Waals surface area contributed by atoms with Gasteiger partial charge in [-0.05, 0) is 18.2 Å². The van der Waals surface area contributed by atoms with E-state index in [1.165, 1.54) is 17.1 Å². The average Bonchev–Trinajstić information content (AvgIpc) is 3.31. The topological polar surface area (TPSA) is 102 Å². The van der Waals surface area contributed by atoms with Gasteiger partial charge in [-0.3, -0.25) is 4.79 Å². The predicted molar refractivity (Wildman–Crippen MR) is 87.9 cm³/mol. The quantitative estimate of drug-likeness (QED) is 0.675. The maximum Gasteiger partial charge on any atom is 0.273 e. The first kappa shape index (κ1) is 16.7. The number of benzene rings is 1. The summed E-state index contributed by atoms with van der Waals surface area (Å²) in [6.45, 7) is 0.418. The average molecular weight is 342 g/mol. The fourth-order valence-electron chi connectivity index (χ4n) is 2.38. The standard InChI is InChI=1S/C17H18N4O4/c1-24-16-7-3-2-6-13(16)15(22)11-21-10-14(19-20-21)17(23)18-9-12-5-4-8-25-12/h2-8,10,15,22H,9,11H2,1H3,(H,18,23)/t15-/m1/s1. The van der Waals surface area contributed by atoms with Crippen molar-refractivity contribution in [3.63, 3.8) is 0 Å². The van der Waals surface area contributed by atoms with E-state index in [0.29, 0.717) is 17.1 Å². The van der Waals surface area contributed by atoms with Gasteiger partial charge in [-0.2, -0.15) is 0 Å². The highest BCUT2D eigenvalue weighted by molar-refractivity contribution is 5.91. The lowest BCUT2D eigenvalue weighted by atomic mass is 10.1. The van der Waals surface area contributed by atoms with Crippen LogP contribution in [0.15, 0.2) is 53.3 Å². The molecule has 0 saturated heterocycles. The number of carbonyl (C=O) groups is 1. The van der Waals surface area contributed by atoms with Crippen LogP contribution in [0.5, 0.6) is 5.75 Å². The minimum absolute atomic E-state index is 0.152. The zero-order chi connectivity index (χ0) is 17.6. The van der Waals surface area contributed by atoms with Gasteiger partial charge in [-0.15, -0.1) is 5.10 Å². The Morgan fingerprint density at radius 2 is 2.20 bits per heavy atom. The van der Waals surface area contributed by atoms with Gasteiger partial charge >= 0.3 is 0 Å². The summed E-state index contributed by atoms with van der Waals surface area (Å²) in [6, 6.07) is 10.7. The molecule has 8 nitrogen and oxygen atoms in total. The number of carbonyl (C=O) groups excluding carboxylic acids is 1. The molecule has 0 aliphatic heterocycles. The molecule has 0 bridgehead atoms. The number of ether oxygens (including phenoxy) is 1. The summed E-state index contributed by atoms with van der Waals surface area (Å²) in [4.78, 5) is 12.1. The van der Waals surface area contributed by atoms with E-state index in [2.05, 4.69) is 15.6 Å². The van der Waals surface area contributed by atoms with Crippen LogP contribution in [0.3, 0.4) is 0 Å². The number of amides is 1. The van der Waals surface area contributed by atoms with Crippen molar-refractivity contribution in [2.24, 2.45) is 0 Å². The lowest BCUT2D eigenvalue weighted by molar-refractivity contribution is 0.0942. The summed E-state index contributed by atoms with van der Waals surface area (Å²) >= 11 is 0. The Kier molecular flexibility index (Phi) is 5.10. The lowest BCUT2D eigenvalue weighted by Gasteiger charge is -2.14. The molecule has 0 saturated carbocycles. The van der Waals surface area contributed by atoms with E-state index < -0.39 is 6.10 Å². The van der Waals surface area contributed by atoms with Crippen LogP contribution in [-0.2, 0) is 13.1 Å². The molecule has 2 N–H and O–H groups in total. The van der Waals surface area contributed by atoms with Crippen molar-refractivity contribution < 1.29 is 19.1 Å². The van der Waals surface area contributed by atoms with E-state index >= 15 is 0 Å². The van der Waals surface area contributed by atoms with Gasteiger partial charge in [-0.1, -0.05) is 23.4 Å². The SMILES string of the molecule is COc1ccccc1[C@H](O)Cn1cc(C(=O)NCc2ccco2)nn1. The second kappa shape index (κ2) is 7.63. The summed E-state index contributed by atoms with van der Waals surface area (Å²) in [5, 5.41) is 20.8. The summed E-state index contributed by atoms with van der Waals surface area (Å²) in [6.07, 6.45) is 2.18. The first-order valence-electron chi connectivity index (χ1n) is 7.69. The molecule has 0 radical (unpaired) electrons. The second-order valence-corrected chi connectivity index (χ2v) is 5.35. The second-order valence-electron chi connectivity index (χ2n) is 5.35. The van der Waals surface area contributed by atoms with E-state index in [-0.39, 0.29) is 24.7 Å². The van der Waals surface area contributed by atoms with Crippen LogP contribution in [-0.4, -0.2) is 33.1 Å². The third kappa shape index (κ3) is 4.04. The van der Waals surface area contributed by atoms with Crippen molar-refractivity contribution in [3.8, 4) is 5.75 Å². The molecule has 1 atom stereocenters. The maximum atomic E-state index is 12.1. The van der Waals surface area contributed by atoms with Crippen molar-refractivity contribution in [2.45, 2.75) is 19.2 Å². The molecular formula is C17H18N4O4. The molecule has 0 aliphatic carbocycles. The minimum Gasteiger partial charge on any atom is -0.496 e. The highest BCUT2D eigenvalue weighted by Gasteiger charge is 2.16. The number of nitrogens with one attached hydrogen (secondary N) is 1. The highest BCUT2D eigenvalue weighted by atomic mass is 16.5. The van der Waals surface area contributed by atoms with Crippen molar-refractivity contribution in [1.82, 2.24) is 20.3 Å². The van der Waals surface area contributed by atoms with Crippen LogP contribution in [0.1, 0.15) is 27.9 Å². The van der Waals surface area contributed by atoms with Gasteiger partial charge in [0.05, 0.1) is 32.7 Å². The summed E-state index contributed by atoms with van der Waals surface area (Å²) < 4.78 is 11.8. The van der Waals surface area contributed by atoms with Crippen LogP contribution in [0.25, 0.3) is 0 Å². The fraction of sp³-hybridized carbons (Fsp3) is 0.235. The largest absolute Gasteiger partial charge is 0.496 e. The Morgan fingerprint density at radius 3 is 2.96 bits per heavy atom. The first-order valence-corrected chi connectivity index (χ1v) is 7.69. The van der Waals surface area contributed by atoms with Gasteiger partial charge in [0.15, 0.2) is 5.69 Å². The van der Waals surface area contributed by atoms with Crippen molar-refractivity contribution in [3.05, 3.63) is 65.9 Å². The molecule has 8 heteroatoms. The van der Waals surface area contributed by atoms with Crippen LogP contribution < -0.4 is 10.1 Å². The number of aliphatic hydroxyl groups excluding tert-OH is 1. The molecule has 0 fully saturated rings. The van der Waals surface area contributed by atoms with Gasteiger partial charge in [0.2, 0.25) is 0 Å². The molecule has 1 aromatic carbocycles. The first-order chi connectivity index (χ1) is 12.2. The third-order valence-corrected chi connectivity index (χ3v) is 3.63. The number of para-hydroxylation sites is 1. The summed E-state index contributed by atoms with van der Waals surface area (Å²) in [5.74, 6) is 0.869. The van der Waals surface area contributed by atoms with E-state index in [4.69, 9.17) is 9.15 Å². The number of rotatable bonds is 7. The monoisotopic (exact) mass is 342 g/mol. The lowest BCUT2D eigenvalue weighted by Crippen LogP contribution is -2.22. The Morgan fingerprint density at radius 1 is 1.36 bits per heavy atom. The zero-order valence-corrected chi connectivity index (χ0v) is 13.6. The number of hydrogen-bond donors (Lipinski definition) is 2. The Bertz CT molecular complexity index is 829. The van der Waals surface area contributed by atoms with Gasteiger partial charge in [0.1, 0.15) is 17.6 Å². The minimum atomic E-state index is -0.836. The smallest absolute Gasteiger partial charge is 0.273 e. The molecular weight excluding hydrogens is 324 g/mol. The molecule has 3 rings (SSSR count). The number of furan rings is 1. The molecule has 1 amide bonds. The van der Waals surface area contributed by atoms with Gasteiger partial charge in [0.25, 0.3) is 5.91 Å². The maximum absolute atomic E-state index is 12.1. The molecule has 0 unspecified atom stereocenters. The Hall–Kier alpha value is -3.13. The zero-order valence-electron chi connectivity index (χ0n) is 13.6. The molecule has 2 heterocycles. The van der Waals surface area contributed by atoms with Crippen LogP contribution >= 0.6 is 0 Å². The number of methoxy groups -OCH3 is 1. The normalized spacial score (nSPS) is 11.9.